The highest BCUT2D eigenvalue weighted by atomic mass is 15.3. The fourth-order valence-corrected chi connectivity index (χ4v) is 3.54. The number of fused-ring (bicyclic) bond motifs is 1. The SMILES string of the molecule is CC1CCCC(N)(Cc2nn(C)c3ccccc23)CC1. The molecule has 0 saturated heterocycles. The van der Waals surface area contributed by atoms with Gasteiger partial charge in [-0.2, -0.15) is 5.10 Å². The number of rotatable bonds is 2. The zero-order valence-corrected chi connectivity index (χ0v) is 12.6. The molecular formula is C17H25N3. The molecule has 1 aliphatic carbocycles. The van der Waals surface area contributed by atoms with Crippen LogP contribution in [0.1, 0.15) is 44.7 Å². The number of nitrogens with two attached hydrogens (primary N) is 1. The van der Waals surface area contributed by atoms with Crippen molar-refractivity contribution in [3.05, 3.63) is 30.0 Å². The van der Waals surface area contributed by atoms with Gasteiger partial charge in [-0.1, -0.05) is 38.0 Å². The van der Waals surface area contributed by atoms with Crippen LogP contribution in [0.4, 0.5) is 0 Å². The quantitative estimate of drug-likeness (QED) is 0.851. The predicted octanol–water partition coefficient (Wildman–Crippen LogP) is 3.41. The predicted molar refractivity (Wildman–Crippen MR) is 83.6 cm³/mol. The Kier molecular flexibility index (Phi) is 3.55. The van der Waals surface area contributed by atoms with Crippen LogP contribution in [0.25, 0.3) is 10.9 Å². The van der Waals surface area contributed by atoms with Gasteiger partial charge in [0.05, 0.1) is 11.2 Å². The molecule has 3 heteroatoms. The van der Waals surface area contributed by atoms with Crippen LogP contribution in [-0.2, 0) is 13.5 Å². The van der Waals surface area contributed by atoms with Crippen LogP contribution in [0.15, 0.2) is 24.3 Å². The first-order chi connectivity index (χ1) is 9.57. The van der Waals surface area contributed by atoms with Gasteiger partial charge in [0.1, 0.15) is 0 Å². The lowest BCUT2D eigenvalue weighted by Gasteiger charge is -2.27. The summed E-state index contributed by atoms with van der Waals surface area (Å²) in [5.74, 6) is 0.820. The van der Waals surface area contributed by atoms with Crippen LogP contribution >= 0.6 is 0 Å². The van der Waals surface area contributed by atoms with Crippen molar-refractivity contribution in [2.24, 2.45) is 18.7 Å². The van der Waals surface area contributed by atoms with Crippen molar-refractivity contribution in [3.63, 3.8) is 0 Å². The first kappa shape index (κ1) is 13.6. The van der Waals surface area contributed by atoms with Crippen LogP contribution in [-0.4, -0.2) is 15.3 Å². The fourth-order valence-electron chi connectivity index (χ4n) is 3.54. The van der Waals surface area contributed by atoms with Gasteiger partial charge in [0.2, 0.25) is 0 Å². The van der Waals surface area contributed by atoms with E-state index >= 15 is 0 Å². The first-order valence-corrected chi connectivity index (χ1v) is 7.77. The molecule has 20 heavy (non-hydrogen) atoms. The molecule has 1 aliphatic rings. The molecule has 1 aromatic heterocycles. The molecule has 2 aromatic rings. The fraction of sp³-hybridized carbons (Fsp3) is 0.588. The van der Waals surface area contributed by atoms with E-state index in [0.29, 0.717) is 0 Å². The minimum absolute atomic E-state index is 0.0676. The van der Waals surface area contributed by atoms with Crippen LogP contribution in [0.5, 0.6) is 0 Å². The minimum atomic E-state index is -0.0676. The highest BCUT2D eigenvalue weighted by Gasteiger charge is 2.30. The molecule has 0 aliphatic heterocycles. The molecule has 1 fully saturated rings. The number of para-hydroxylation sites is 1. The highest BCUT2D eigenvalue weighted by molar-refractivity contribution is 5.81. The Balaban J connectivity index is 1.88. The number of hydrogen-bond acceptors (Lipinski definition) is 2. The van der Waals surface area contributed by atoms with Gasteiger partial charge in [0.25, 0.3) is 0 Å². The Bertz CT molecular complexity index is 601. The minimum Gasteiger partial charge on any atom is -0.325 e. The topological polar surface area (TPSA) is 43.8 Å². The average molecular weight is 271 g/mol. The van der Waals surface area contributed by atoms with E-state index in [0.717, 1.165) is 25.2 Å². The van der Waals surface area contributed by atoms with Crippen LogP contribution in [0.3, 0.4) is 0 Å². The third kappa shape index (κ3) is 2.59. The summed E-state index contributed by atoms with van der Waals surface area (Å²) in [5.41, 5.74) is 9.01. The van der Waals surface area contributed by atoms with Crippen molar-refractivity contribution in [3.8, 4) is 0 Å². The highest BCUT2D eigenvalue weighted by Crippen LogP contribution is 2.32. The number of aromatic nitrogens is 2. The molecule has 0 amide bonds. The lowest BCUT2D eigenvalue weighted by atomic mass is 9.85. The second kappa shape index (κ2) is 5.21. The Morgan fingerprint density at radius 2 is 2.10 bits per heavy atom. The monoisotopic (exact) mass is 271 g/mol. The molecule has 1 heterocycles. The van der Waals surface area contributed by atoms with Gasteiger partial charge in [0.15, 0.2) is 0 Å². The summed E-state index contributed by atoms with van der Waals surface area (Å²) < 4.78 is 1.98. The van der Waals surface area contributed by atoms with Crippen LogP contribution in [0.2, 0.25) is 0 Å². The Morgan fingerprint density at radius 3 is 2.95 bits per heavy atom. The zero-order chi connectivity index (χ0) is 14.2. The summed E-state index contributed by atoms with van der Waals surface area (Å²) in [4.78, 5) is 0. The van der Waals surface area contributed by atoms with E-state index in [1.54, 1.807) is 0 Å². The van der Waals surface area contributed by atoms with Crippen LogP contribution < -0.4 is 5.73 Å². The van der Waals surface area contributed by atoms with Gasteiger partial charge in [0, 0.05) is 24.4 Å². The molecule has 3 nitrogen and oxygen atoms in total. The van der Waals surface area contributed by atoms with Gasteiger partial charge < -0.3 is 5.73 Å². The van der Waals surface area contributed by atoms with E-state index in [9.17, 15) is 0 Å². The Morgan fingerprint density at radius 1 is 1.30 bits per heavy atom. The maximum absolute atomic E-state index is 6.70. The maximum Gasteiger partial charge on any atom is 0.0721 e. The normalized spacial score (nSPS) is 27.6. The van der Waals surface area contributed by atoms with E-state index in [4.69, 9.17) is 10.8 Å². The number of aryl methyl sites for hydroxylation is 1. The smallest absolute Gasteiger partial charge is 0.0721 e. The first-order valence-electron chi connectivity index (χ1n) is 7.77. The summed E-state index contributed by atoms with van der Waals surface area (Å²) >= 11 is 0. The van der Waals surface area contributed by atoms with E-state index in [1.165, 1.54) is 35.9 Å². The van der Waals surface area contributed by atoms with Gasteiger partial charge >= 0.3 is 0 Å². The second-order valence-electron chi connectivity index (χ2n) is 6.66. The third-order valence-corrected chi connectivity index (χ3v) is 4.86. The Hall–Kier alpha value is -1.35. The Labute approximate surface area is 121 Å². The number of benzene rings is 1. The number of nitrogens with zero attached hydrogens (tertiary/aromatic N) is 2. The zero-order valence-electron chi connectivity index (χ0n) is 12.6. The molecule has 0 radical (unpaired) electrons. The van der Waals surface area contributed by atoms with E-state index in [-0.39, 0.29) is 5.54 Å². The molecule has 2 unspecified atom stereocenters. The molecule has 3 rings (SSSR count). The average Bonchev–Trinajstić information content (AvgIpc) is 2.63. The second-order valence-corrected chi connectivity index (χ2v) is 6.66. The van der Waals surface area contributed by atoms with Gasteiger partial charge in [-0.25, -0.2) is 0 Å². The van der Waals surface area contributed by atoms with Crippen molar-refractivity contribution < 1.29 is 0 Å². The molecule has 1 aromatic carbocycles. The summed E-state index contributed by atoms with van der Waals surface area (Å²) in [5, 5.41) is 5.98. The standard InChI is InChI=1S/C17H25N3/c1-13-6-5-10-17(18,11-9-13)12-15-14-7-3-4-8-16(14)20(2)19-15/h3-4,7-8,13H,5-6,9-12,18H2,1-2H3. The van der Waals surface area contributed by atoms with E-state index < -0.39 is 0 Å². The number of hydrogen-bond donors (Lipinski definition) is 1. The molecule has 108 valence electrons. The summed E-state index contributed by atoms with van der Waals surface area (Å²) in [7, 11) is 2.02. The van der Waals surface area contributed by atoms with Crippen molar-refractivity contribution in [2.45, 2.75) is 51.0 Å². The molecule has 0 spiro atoms. The van der Waals surface area contributed by atoms with Crippen LogP contribution in [0, 0.1) is 5.92 Å². The van der Waals surface area contributed by atoms with Gasteiger partial charge in [-0.3, -0.25) is 4.68 Å². The lowest BCUT2D eigenvalue weighted by Crippen LogP contribution is -2.41. The van der Waals surface area contributed by atoms with Gasteiger partial charge in [-0.15, -0.1) is 0 Å². The molecule has 2 N–H and O–H groups in total. The maximum atomic E-state index is 6.70. The van der Waals surface area contributed by atoms with E-state index in [2.05, 4.69) is 31.2 Å². The van der Waals surface area contributed by atoms with E-state index in [1.807, 2.05) is 11.7 Å². The molecular weight excluding hydrogens is 246 g/mol. The summed E-state index contributed by atoms with van der Waals surface area (Å²) in [6.45, 7) is 2.35. The third-order valence-electron chi connectivity index (χ3n) is 4.86. The van der Waals surface area contributed by atoms with Crippen molar-refractivity contribution in [1.29, 1.82) is 0 Å². The lowest BCUT2D eigenvalue weighted by molar-refractivity contribution is 0.360. The van der Waals surface area contributed by atoms with Crippen molar-refractivity contribution >= 4 is 10.9 Å². The summed E-state index contributed by atoms with van der Waals surface area (Å²) in [6, 6.07) is 8.45. The molecule has 1 saturated carbocycles. The van der Waals surface area contributed by atoms with Crippen molar-refractivity contribution in [1.82, 2.24) is 9.78 Å². The van der Waals surface area contributed by atoms with Crippen molar-refractivity contribution in [2.75, 3.05) is 0 Å². The largest absolute Gasteiger partial charge is 0.325 e. The van der Waals surface area contributed by atoms with Gasteiger partial charge in [-0.05, 0) is 31.2 Å². The molecule has 0 bridgehead atoms. The summed E-state index contributed by atoms with van der Waals surface area (Å²) in [6.07, 6.45) is 6.98. The molecule has 2 atom stereocenters.